The smallest absolute Gasteiger partial charge is 0.417 e. The Labute approximate surface area is 110 Å². The fourth-order valence-corrected chi connectivity index (χ4v) is 2.04. The number of fused-ring (bicyclic) bond motifs is 1. The van der Waals surface area contributed by atoms with E-state index >= 15 is 0 Å². The maximum atomic E-state index is 13.2. The fraction of sp³-hybridized carbons (Fsp3) is 0.154. The number of para-hydroxylation sites is 1. The van der Waals surface area contributed by atoms with E-state index in [1.54, 1.807) is 0 Å². The van der Waals surface area contributed by atoms with Gasteiger partial charge in [0.05, 0.1) is 11.1 Å². The Morgan fingerprint density at radius 3 is 2.50 bits per heavy atom. The van der Waals surface area contributed by atoms with Crippen LogP contribution in [0.3, 0.4) is 0 Å². The third-order valence-corrected chi connectivity index (χ3v) is 2.85. The quantitative estimate of drug-likeness (QED) is 0.860. The molecule has 1 N–H and O–H groups in total. The van der Waals surface area contributed by atoms with E-state index in [1.165, 1.54) is 19.1 Å². The molecule has 7 heteroatoms. The number of hydrogen-bond acceptors (Lipinski definition) is 3. The lowest BCUT2D eigenvalue weighted by Crippen LogP contribution is -2.17. The van der Waals surface area contributed by atoms with Gasteiger partial charge in [0.1, 0.15) is 11.3 Å². The number of benzene rings is 1. The number of aromatic carboxylic acids is 1. The highest BCUT2D eigenvalue weighted by Crippen LogP contribution is 2.38. The average molecular weight is 283 g/mol. The van der Waals surface area contributed by atoms with Crippen LogP contribution in [-0.2, 0) is 6.18 Å². The molecule has 0 aliphatic rings. The van der Waals surface area contributed by atoms with Gasteiger partial charge in [-0.3, -0.25) is 4.79 Å². The normalized spacial score (nSPS) is 11.6. The highest BCUT2D eigenvalue weighted by atomic mass is 19.4. The summed E-state index contributed by atoms with van der Waals surface area (Å²) in [6, 6.07) is 4.05. The molecule has 1 aromatic carbocycles. The van der Waals surface area contributed by atoms with Gasteiger partial charge in [0.15, 0.2) is 6.29 Å². The molecule has 0 aliphatic carbocycles. The van der Waals surface area contributed by atoms with Crippen molar-refractivity contribution in [1.29, 1.82) is 0 Å². The van der Waals surface area contributed by atoms with Crippen LogP contribution in [0.25, 0.3) is 10.9 Å². The Morgan fingerprint density at radius 2 is 2.00 bits per heavy atom. The van der Waals surface area contributed by atoms with E-state index in [1.807, 2.05) is 0 Å². The van der Waals surface area contributed by atoms with Crippen LogP contribution < -0.4 is 0 Å². The summed E-state index contributed by atoms with van der Waals surface area (Å²) in [7, 11) is 0. The molecule has 0 unspecified atom stereocenters. The standard InChI is InChI=1S/C13H8F3NO3/c1-6-3-2-4-7-10(13(14,15)16)9(12(19)20)8(5-18)17-11(6)7/h2-5H,1H3,(H,19,20). The Hall–Kier alpha value is -2.44. The lowest BCUT2D eigenvalue weighted by atomic mass is 9.98. The lowest BCUT2D eigenvalue weighted by molar-refractivity contribution is -0.136. The molecule has 1 heterocycles. The van der Waals surface area contributed by atoms with Gasteiger partial charge in [-0.25, -0.2) is 9.78 Å². The lowest BCUT2D eigenvalue weighted by Gasteiger charge is -2.15. The molecule has 2 aromatic rings. The van der Waals surface area contributed by atoms with Gasteiger partial charge in [-0.1, -0.05) is 18.2 Å². The van der Waals surface area contributed by atoms with Crippen molar-refractivity contribution >= 4 is 23.2 Å². The number of aryl methyl sites for hydroxylation is 1. The first kappa shape index (κ1) is 14.0. The van der Waals surface area contributed by atoms with Gasteiger partial charge in [0, 0.05) is 5.39 Å². The zero-order valence-electron chi connectivity index (χ0n) is 10.2. The van der Waals surface area contributed by atoms with Crippen LogP contribution in [0.5, 0.6) is 0 Å². The molecule has 0 atom stereocenters. The Kier molecular flexibility index (Phi) is 3.21. The molecule has 0 fully saturated rings. The first-order valence-electron chi connectivity index (χ1n) is 5.46. The first-order chi connectivity index (χ1) is 9.27. The van der Waals surface area contributed by atoms with Crippen LogP contribution >= 0.6 is 0 Å². The van der Waals surface area contributed by atoms with Gasteiger partial charge in [0.25, 0.3) is 0 Å². The van der Waals surface area contributed by atoms with Crippen molar-refractivity contribution in [2.45, 2.75) is 13.1 Å². The second-order valence-corrected chi connectivity index (χ2v) is 4.14. The van der Waals surface area contributed by atoms with E-state index in [4.69, 9.17) is 5.11 Å². The first-order valence-corrected chi connectivity index (χ1v) is 5.46. The number of aromatic nitrogens is 1. The van der Waals surface area contributed by atoms with Gasteiger partial charge in [0.2, 0.25) is 0 Å². The summed E-state index contributed by atoms with van der Waals surface area (Å²) in [4.78, 5) is 25.7. The van der Waals surface area contributed by atoms with Crippen molar-refractivity contribution in [1.82, 2.24) is 4.98 Å². The van der Waals surface area contributed by atoms with Crippen molar-refractivity contribution in [3.8, 4) is 0 Å². The molecule has 4 nitrogen and oxygen atoms in total. The van der Waals surface area contributed by atoms with E-state index in [9.17, 15) is 22.8 Å². The summed E-state index contributed by atoms with van der Waals surface area (Å²) in [5, 5.41) is 8.64. The summed E-state index contributed by atoms with van der Waals surface area (Å²) in [6.45, 7) is 1.53. The van der Waals surface area contributed by atoms with E-state index in [2.05, 4.69) is 4.98 Å². The van der Waals surface area contributed by atoms with Crippen LogP contribution in [0.1, 0.15) is 32.0 Å². The summed E-state index contributed by atoms with van der Waals surface area (Å²) in [5.74, 6) is -1.84. The number of aldehydes is 1. The van der Waals surface area contributed by atoms with Gasteiger partial charge in [-0.05, 0) is 12.5 Å². The molecular formula is C13H8F3NO3. The molecule has 0 radical (unpaired) electrons. The number of carboxylic acids is 1. The summed E-state index contributed by atoms with van der Waals surface area (Å²) >= 11 is 0. The Bertz CT molecular complexity index is 723. The molecule has 20 heavy (non-hydrogen) atoms. The maximum Gasteiger partial charge on any atom is 0.417 e. The molecular weight excluding hydrogens is 275 g/mol. The molecule has 1 aromatic heterocycles. The Balaban J connectivity index is 3.09. The number of halogens is 3. The van der Waals surface area contributed by atoms with Crippen LogP contribution in [0.4, 0.5) is 13.2 Å². The van der Waals surface area contributed by atoms with Crippen LogP contribution in [-0.4, -0.2) is 22.3 Å². The summed E-state index contributed by atoms with van der Waals surface area (Å²) in [5.41, 5.74) is -2.81. The molecule has 0 saturated carbocycles. The van der Waals surface area contributed by atoms with Gasteiger partial charge in [-0.2, -0.15) is 13.2 Å². The second-order valence-electron chi connectivity index (χ2n) is 4.14. The minimum absolute atomic E-state index is 0.0184. The fourth-order valence-electron chi connectivity index (χ4n) is 2.04. The van der Waals surface area contributed by atoms with Crippen LogP contribution in [0.2, 0.25) is 0 Å². The van der Waals surface area contributed by atoms with Crippen molar-refractivity contribution in [2.24, 2.45) is 0 Å². The Morgan fingerprint density at radius 1 is 1.35 bits per heavy atom. The zero-order chi connectivity index (χ0) is 15.1. The minimum atomic E-state index is -4.90. The predicted octanol–water partition coefficient (Wildman–Crippen LogP) is 3.07. The molecule has 2 rings (SSSR count). The number of carbonyl (C=O) groups excluding carboxylic acids is 1. The van der Waals surface area contributed by atoms with Gasteiger partial charge < -0.3 is 5.11 Å². The maximum absolute atomic E-state index is 13.2. The van der Waals surface area contributed by atoms with Crippen LogP contribution in [0, 0.1) is 6.92 Å². The SMILES string of the molecule is Cc1cccc2c(C(F)(F)F)c(C(=O)O)c(C=O)nc12. The third-order valence-electron chi connectivity index (χ3n) is 2.85. The number of rotatable bonds is 2. The second kappa shape index (κ2) is 4.59. The summed E-state index contributed by atoms with van der Waals surface area (Å²) in [6.07, 6.45) is -4.88. The van der Waals surface area contributed by atoms with Crippen molar-refractivity contribution in [3.63, 3.8) is 0 Å². The zero-order valence-corrected chi connectivity index (χ0v) is 10.2. The number of alkyl halides is 3. The summed E-state index contributed by atoms with van der Waals surface area (Å²) < 4.78 is 39.5. The molecule has 0 bridgehead atoms. The van der Waals surface area contributed by atoms with Gasteiger partial charge >= 0.3 is 12.1 Å². The van der Waals surface area contributed by atoms with Crippen molar-refractivity contribution in [2.75, 3.05) is 0 Å². The van der Waals surface area contributed by atoms with E-state index in [-0.39, 0.29) is 17.2 Å². The number of nitrogens with zero attached hydrogens (tertiary/aromatic N) is 1. The predicted molar refractivity (Wildman–Crippen MR) is 63.8 cm³/mol. The van der Waals surface area contributed by atoms with Gasteiger partial charge in [-0.15, -0.1) is 0 Å². The van der Waals surface area contributed by atoms with E-state index in [0.29, 0.717) is 5.56 Å². The molecule has 0 spiro atoms. The minimum Gasteiger partial charge on any atom is -0.478 e. The molecule has 104 valence electrons. The monoisotopic (exact) mass is 283 g/mol. The topological polar surface area (TPSA) is 67.3 Å². The highest BCUT2D eigenvalue weighted by molar-refractivity contribution is 6.03. The number of pyridine rings is 1. The van der Waals surface area contributed by atoms with Crippen LogP contribution in [0.15, 0.2) is 18.2 Å². The largest absolute Gasteiger partial charge is 0.478 e. The number of carbonyl (C=O) groups is 2. The van der Waals surface area contributed by atoms with Crippen molar-refractivity contribution in [3.05, 3.63) is 40.6 Å². The van der Waals surface area contributed by atoms with E-state index in [0.717, 1.165) is 6.07 Å². The molecule has 0 aliphatic heterocycles. The van der Waals surface area contributed by atoms with E-state index < -0.39 is 29.0 Å². The van der Waals surface area contributed by atoms with Crippen molar-refractivity contribution < 1.29 is 27.9 Å². The molecule has 0 amide bonds. The highest BCUT2D eigenvalue weighted by Gasteiger charge is 2.39. The third kappa shape index (κ3) is 2.11. The number of carboxylic acid groups (broad SMARTS) is 1. The molecule has 0 saturated heterocycles. The average Bonchev–Trinajstić information content (AvgIpc) is 2.35. The number of hydrogen-bond donors (Lipinski definition) is 1.